The number of pyridine rings is 1. The Labute approximate surface area is 125 Å². The average Bonchev–Trinajstić information content (AvgIpc) is 2.54. The molecular weight excluding hydrogens is 266 g/mol. The van der Waals surface area contributed by atoms with Gasteiger partial charge in [0.05, 0.1) is 14.2 Å². The quantitative estimate of drug-likeness (QED) is 0.848. The monoisotopic (exact) mass is 289 g/mol. The van der Waals surface area contributed by atoms with E-state index in [-0.39, 0.29) is 0 Å². The van der Waals surface area contributed by atoms with E-state index in [0.717, 1.165) is 41.9 Å². The standard InChI is InChI=1S/C16H23N3O2/c1-4-19(9-5-7-17)16-13-11-15(21-3)14(20-2)10-12(13)6-8-18-16/h6,8,10-11H,4-5,7,9,17H2,1-3H3. The van der Waals surface area contributed by atoms with Gasteiger partial charge in [0.25, 0.3) is 0 Å². The first-order valence-electron chi connectivity index (χ1n) is 7.20. The molecule has 0 radical (unpaired) electrons. The van der Waals surface area contributed by atoms with Gasteiger partial charge in [-0.25, -0.2) is 4.98 Å². The second-order valence-corrected chi connectivity index (χ2v) is 4.78. The van der Waals surface area contributed by atoms with Gasteiger partial charge in [-0.2, -0.15) is 0 Å². The summed E-state index contributed by atoms with van der Waals surface area (Å²) in [6.07, 6.45) is 2.77. The predicted molar refractivity (Wildman–Crippen MR) is 86.4 cm³/mol. The molecule has 0 aliphatic carbocycles. The third-order valence-corrected chi connectivity index (χ3v) is 3.56. The van der Waals surface area contributed by atoms with Crippen LogP contribution in [0.25, 0.3) is 10.8 Å². The molecule has 0 fully saturated rings. The van der Waals surface area contributed by atoms with Gasteiger partial charge in [-0.1, -0.05) is 0 Å². The zero-order chi connectivity index (χ0) is 15.2. The van der Waals surface area contributed by atoms with E-state index in [9.17, 15) is 0 Å². The highest BCUT2D eigenvalue weighted by Gasteiger charge is 2.13. The summed E-state index contributed by atoms with van der Waals surface area (Å²) in [7, 11) is 3.29. The SMILES string of the molecule is CCN(CCCN)c1nccc2cc(OC)c(OC)cc12. The van der Waals surface area contributed by atoms with Crippen LogP contribution >= 0.6 is 0 Å². The molecule has 5 nitrogen and oxygen atoms in total. The van der Waals surface area contributed by atoms with E-state index in [1.807, 2.05) is 24.4 Å². The lowest BCUT2D eigenvalue weighted by Gasteiger charge is -2.23. The van der Waals surface area contributed by atoms with Crippen LogP contribution in [0.4, 0.5) is 5.82 Å². The van der Waals surface area contributed by atoms with Crippen LogP contribution in [0.5, 0.6) is 11.5 Å². The molecule has 0 atom stereocenters. The van der Waals surface area contributed by atoms with E-state index in [4.69, 9.17) is 15.2 Å². The first kappa shape index (κ1) is 15.4. The zero-order valence-electron chi connectivity index (χ0n) is 12.9. The van der Waals surface area contributed by atoms with E-state index in [0.29, 0.717) is 12.3 Å². The minimum atomic E-state index is 0.679. The molecule has 2 N–H and O–H groups in total. The van der Waals surface area contributed by atoms with Crippen LogP contribution in [-0.4, -0.2) is 38.8 Å². The molecule has 1 aromatic heterocycles. The maximum absolute atomic E-state index is 5.62. The van der Waals surface area contributed by atoms with E-state index >= 15 is 0 Å². The van der Waals surface area contributed by atoms with Crippen LogP contribution in [0.15, 0.2) is 24.4 Å². The number of nitrogens with zero attached hydrogens (tertiary/aromatic N) is 2. The predicted octanol–water partition coefficient (Wildman–Crippen LogP) is 2.43. The molecule has 0 saturated carbocycles. The lowest BCUT2D eigenvalue weighted by Crippen LogP contribution is -2.26. The first-order chi connectivity index (χ1) is 10.2. The van der Waals surface area contributed by atoms with Gasteiger partial charge in [-0.3, -0.25) is 0 Å². The van der Waals surface area contributed by atoms with Crippen LogP contribution < -0.4 is 20.1 Å². The number of methoxy groups -OCH3 is 2. The van der Waals surface area contributed by atoms with Gasteiger partial charge in [-0.15, -0.1) is 0 Å². The Kier molecular flexibility index (Phi) is 5.22. The Morgan fingerprint density at radius 1 is 1.19 bits per heavy atom. The summed E-state index contributed by atoms with van der Waals surface area (Å²) >= 11 is 0. The summed E-state index contributed by atoms with van der Waals surface area (Å²) in [5, 5.41) is 2.15. The molecule has 0 unspecified atom stereocenters. The van der Waals surface area contributed by atoms with Crippen LogP contribution in [0.3, 0.4) is 0 Å². The summed E-state index contributed by atoms with van der Waals surface area (Å²) < 4.78 is 10.8. The third kappa shape index (κ3) is 3.19. The largest absolute Gasteiger partial charge is 0.493 e. The highest BCUT2D eigenvalue weighted by atomic mass is 16.5. The van der Waals surface area contributed by atoms with Gasteiger partial charge in [0.15, 0.2) is 11.5 Å². The van der Waals surface area contributed by atoms with Crippen LogP contribution in [0.1, 0.15) is 13.3 Å². The van der Waals surface area contributed by atoms with E-state index < -0.39 is 0 Å². The molecule has 1 heterocycles. The van der Waals surface area contributed by atoms with Gasteiger partial charge < -0.3 is 20.1 Å². The Morgan fingerprint density at radius 3 is 2.52 bits per heavy atom. The van der Waals surface area contributed by atoms with Gasteiger partial charge in [0.1, 0.15) is 5.82 Å². The molecule has 0 bridgehead atoms. The van der Waals surface area contributed by atoms with Gasteiger partial charge in [0, 0.05) is 24.7 Å². The molecule has 0 aliphatic rings. The van der Waals surface area contributed by atoms with E-state index in [1.54, 1.807) is 14.2 Å². The lowest BCUT2D eigenvalue weighted by molar-refractivity contribution is 0.356. The molecular formula is C16H23N3O2. The minimum absolute atomic E-state index is 0.679. The van der Waals surface area contributed by atoms with Crippen molar-refractivity contribution in [2.75, 3.05) is 38.8 Å². The molecule has 114 valence electrons. The number of ether oxygens (including phenoxy) is 2. The van der Waals surface area contributed by atoms with Gasteiger partial charge in [0.2, 0.25) is 0 Å². The van der Waals surface area contributed by atoms with Gasteiger partial charge in [-0.05, 0) is 43.5 Å². The second kappa shape index (κ2) is 7.13. The Bertz CT molecular complexity index is 601. The summed E-state index contributed by atoms with van der Waals surface area (Å²) in [6.45, 7) is 4.59. The smallest absolute Gasteiger partial charge is 0.161 e. The van der Waals surface area contributed by atoms with E-state index in [1.165, 1.54) is 0 Å². The van der Waals surface area contributed by atoms with Crippen molar-refractivity contribution in [3.63, 3.8) is 0 Å². The number of hydrogen-bond donors (Lipinski definition) is 1. The molecule has 0 aliphatic heterocycles. The van der Waals surface area contributed by atoms with Crippen LogP contribution in [-0.2, 0) is 0 Å². The number of benzene rings is 1. The van der Waals surface area contributed by atoms with Crippen molar-refractivity contribution in [2.45, 2.75) is 13.3 Å². The molecule has 0 amide bonds. The average molecular weight is 289 g/mol. The maximum atomic E-state index is 5.62. The summed E-state index contributed by atoms with van der Waals surface area (Å²) in [6, 6.07) is 5.95. The number of fused-ring (bicyclic) bond motifs is 1. The fourth-order valence-corrected chi connectivity index (χ4v) is 2.43. The molecule has 21 heavy (non-hydrogen) atoms. The van der Waals surface area contributed by atoms with Gasteiger partial charge >= 0.3 is 0 Å². The maximum Gasteiger partial charge on any atom is 0.161 e. The lowest BCUT2D eigenvalue weighted by atomic mass is 10.1. The van der Waals surface area contributed by atoms with Crippen molar-refractivity contribution in [3.8, 4) is 11.5 Å². The van der Waals surface area contributed by atoms with Crippen molar-refractivity contribution >= 4 is 16.6 Å². The molecule has 0 spiro atoms. The normalized spacial score (nSPS) is 10.7. The summed E-state index contributed by atoms with van der Waals surface area (Å²) in [5.74, 6) is 2.41. The molecule has 1 aromatic carbocycles. The Balaban J connectivity index is 2.53. The fourth-order valence-electron chi connectivity index (χ4n) is 2.43. The molecule has 2 rings (SSSR count). The summed E-state index contributed by atoms with van der Waals surface area (Å²) in [5.41, 5.74) is 5.62. The van der Waals surface area contributed by atoms with Crippen molar-refractivity contribution in [3.05, 3.63) is 24.4 Å². The highest BCUT2D eigenvalue weighted by Crippen LogP contribution is 2.35. The number of hydrogen-bond acceptors (Lipinski definition) is 5. The van der Waals surface area contributed by atoms with Crippen LogP contribution in [0, 0.1) is 0 Å². The Hall–Kier alpha value is -2.01. The zero-order valence-corrected chi connectivity index (χ0v) is 12.9. The first-order valence-corrected chi connectivity index (χ1v) is 7.20. The second-order valence-electron chi connectivity index (χ2n) is 4.78. The number of nitrogens with two attached hydrogens (primary N) is 1. The fraction of sp³-hybridized carbons (Fsp3) is 0.438. The van der Waals surface area contributed by atoms with Crippen molar-refractivity contribution < 1.29 is 9.47 Å². The molecule has 5 heteroatoms. The highest BCUT2D eigenvalue weighted by molar-refractivity contribution is 5.94. The minimum Gasteiger partial charge on any atom is -0.493 e. The molecule has 0 saturated heterocycles. The van der Waals surface area contributed by atoms with Crippen molar-refractivity contribution in [2.24, 2.45) is 5.73 Å². The number of aromatic nitrogens is 1. The summed E-state index contributed by atoms with van der Waals surface area (Å²) in [4.78, 5) is 6.79. The van der Waals surface area contributed by atoms with Crippen molar-refractivity contribution in [1.82, 2.24) is 4.98 Å². The topological polar surface area (TPSA) is 60.6 Å². The van der Waals surface area contributed by atoms with Crippen LogP contribution in [0.2, 0.25) is 0 Å². The van der Waals surface area contributed by atoms with Crippen molar-refractivity contribution in [1.29, 1.82) is 0 Å². The third-order valence-electron chi connectivity index (χ3n) is 3.56. The Morgan fingerprint density at radius 2 is 1.90 bits per heavy atom. The number of anilines is 1. The van der Waals surface area contributed by atoms with E-state index in [2.05, 4.69) is 16.8 Å². The molecule has 2 aromatic rings. The number of rotatable bonds is 7.